The molecule has 0 bridgehead atoms. The van der Waals surface area contributed by atoms with Gasteiger partial charge in [0.05, 0.1) is 0 Å². The SMILES string of the molecule is Cl.Cl.Fc1c(F)c(F)c([C@@H](C2CCCC2)N2CCNCC2)c(F)c1F. The summed E-state index contributed by atoms with van der Waals surface area (Å²) in [5.41, 5.74) is -0.657. The molecule has 1 saturated heterocycles. The van der Waals surface area contributed by atoms with Crippen molar-refractivity contribution in [3.63, 3.8) is 0 Å². The zero-order valence-corrected chi connectivity index (χ0v) is 15.1. The van der Waals surface area contributed by atoms with Crippen LogP contribution in [0.15, 0.2) is 0 Å². The minimum Gasteiger partial charge on any atom is -0.314 e. The molecule has 1 aliphatic carbocycles. The first-order valence-corrected chi connectivity index (χ1v) is 7.98. The Hall–Kier alpha value is -0.630. The van der Waals surface area contributed by atoms with Crippen molar-refractivity contribution in [1.82, 2.24) is 10.2 Å². The smallest absolute Gasteiger partial charge is 0.200 e. The van der Waals surface area contributed by atoms with Crippen molar-refractivity contribution in [2.45, 2.75) is 31.7 Å². The van der Waals surface area contributed by atoms with Crippen LogP contribution in [0.3, 0.4) is 0 Å². The van der Waals surface area contributed by atoms with Gasteiger partial charge in [-0.3, -0.25) is 4.90 Å². The molecule has 1 atom stereocenters. The number of nitrogens with one attached hydrogen (secondary N) is 1. The standard InChI is InChI=1S/C16H19F5N2.2ClH/c17-11-10(12(18)14(20)15(21)13(11)19)16(9-3-1-2-4-9)23-7-5-22-6-8-23;;/h9,16,22H,1-8H2;2*1H/t16-;;/m1../s1. The van der Waals surface area contributed by atoms with E-state index in [-0.39, 0.29) is 30.7 Å². The van der Waals surface area contributed by atoms with Crippen LogP contribution in [-0.4, -0.2) is 31.1 Å². The molecule has 0 amide bonds. The monoisotopic (exact) mass is 406 g/mol. The normalized spacial score (nSPS) is 20.0. The Bertz CT molecular complexity index is 561. The van der Waals surface area contributed by atoms with E-state index in [1.165, 1.54) is 0 Å². The van der Waals surface area contributed by atoms with Gasteiger partial charge >= 0.3 is 0 Å². The highest BCUT2D eigenvalue weighted by Gasteiger charge is 2.38. The van der Waals surface area contributed by atoms with Crippen LogP contribution in [-0.2, 0) is 0 Å². The van der Waals surface area contributed by atoms with E-state index in [0.29, 0.717) is 26.2 Å². The summed E-state index contributed by atoms with van der Waals surface area (Å²) in [6.45, 7) is 2.33. The largest absolute Gasteiger partial charge is 0.314 e. The lowest BCUT2D eigenvalue weighted by atomic mass is 9.88. The molecule has 1 heterocycles. The maximum absolute atomic E-state index is 14.3. The fraction of sp³-hybridized carbons (Fsp3) is 0.625. The van der Waals surface area contributed by atoms with Crippen LogP contribution in [0, 0.1) is 35.0 Å². The van der Waals surface area contributed by atoms with Crippen molar-refractivity contribution < 1.29 is 22.0 Å². The summed E-state index contributed by atoms with van der Waals surface area (Å²) in [5.74, 6) is -9.24. The number of hydrogen-bond acceptors (Lipinski definition) is 2. The van der Waals surface area contributed by atoms with Crippen molar-refractivity contribution in [3.8, 4) is 0 Å². The number of halogens is 7. The fourth-order valence-electron chi connectivity index (χ4n) is 3.83. The molecule has 3 rings (SSSR count). The molecule has 0 aromatic heterocycles. The van der Waals surface area contributed by atoms with Crippen LogP contribution < -0.4 is 5.32 Å². The number of rotatable bonds is 3. The Morgan fingerprint density at radius 1 is 0.760 bits per heavy atom. The van der Waals surface area contributed by atoms with Gasteiger partial charge < -0.3 is 5.32 Å². The summed E-state index contributed by atoms with van der Waals surface area (Å²) in [7, 11) is 0. The predicted molar refractivity (Wildman–Crippen MR) is 89.9 cm³/mol. The summed E-state index contributed by atoms with van der Waals surface area (Å²) >= 11 is 0. The van der Waals surface area contributed by atoms with Crippen LogP contribution >= 0.6 is 24.8 Å². The third kappa shape index (κ3) is 4.21. The van der Waals surface area contributed by atoms with Gasteiger partial charge in [-0.05, 0) is 18.8 Å². The van der Waals surface area contributed by atoms with Gasteiger partial charge in [-0.25, -0.2) is 22.0 Å². The van der Waals surface area contributed by atoms with E-state index in [4.69, 9.17) is 0 Å². The van der Waals surface area contributed by atoms with Gasteiger partial charge in [0.2, 0.25) is 5.82 Å². The highest BCUT2D eigenvalue weighted by molar-refractivity contribution is 5.85. The molecule has 1 aliphatic heterocycles. The molecule has 9 heteroatoms. The topological polar surface area (TPSA) is 15.3 Å². The van der Waals surface area contributed by atoms with Crippen LogP contribution in [0.2, 0.25) is 0 Å². The highest BCUT2D eigenvalue weighted by Crippen LogP contribution is 2.42. The highest BCUT2D eigenvalue weighted by atomic mass is 35.5. The van der Waals surface area contributed by atoms with E-state index in [2.05, 4.69) is 5.32 Å². The van der Waals surface area contributed by atoms with Gasteiger partial charge in [-0.2, -0.15) is 0 Å². The molecule has 2 fully saturated rings. The van der Waals surface area contributed by atoms with E-state index >= 15 is 0 Å². The van der Waals surface area contributed by atoms with Crippen LogP contribution in [0.1, 0.15) is 37.3 Å². The van der Waals surface area contributed by atoms with Gasteiger partial charge in [0, 0.05) is 37.8 Å². The molecule has 1 aromatic rings. The molecular weight excluding hydrogens is 386 g/mol. The van der Waals surface area contributed by atoms with Crippen molar-refractivity contribution >= 4 is 24.8 Å². The first-order valence-electron chi connectivity index (χ1n) is 7.98. The summed E-state index contributed by atoms with van der Waals surface area (Å²) in [5, 5.41) is 3.14. The van der Waals surface area contributed by atoms with Crippen LogP contribution in [0.25, 0.3) is 0 Å². The summed E-state index contributed by atoms with van der Waals surface area (Å²) in [6.07, 6.45) is 3.33. The molecule has 2 aliphatic rings. The van der Waals surface area contributed by atoms with Gasteiger partial charge in [0.15, 0.2) is 23.3 Å². The second kappa shape index (κ2) is 9.35. The summed E-state index contributed by atoms with van der Waals surface area (Å²) in [4.78, 5) is 1.85. The van der Waals surface area contributed by atoms with E-state index in [9.17, 15) is 22.0 Å². The van der Waals surface area contributed by atoms with Crippen LogP contribution in [0.4, 0.5) is 22.0 Å². The molecule has 0 radical (unpaired) electrons. The Morgan fingerprint density at radius 3 is 1.68 bits per heavy atom. The Balaban J connectivity index is 0.00000156. The third-order valence-corrected chi connectivity index (χ3v) is 4.93. The lowest BCUT2D eigenvalue weighted by molar-refractivity contribution is 0.117. The predicted octanol–water partition coefficient (Wildman–Crippen LogP) is 4.36. The Labute approximate surface area is 156 Å². The van der Waals surface area contributed by atoms with Gasteiger partial charge in [-0.1, -0.05) is 12.8 Å². The zero-order valence-electron chi connectivity index (χ0n) is 13.5. The minimum atomic E-state index is -2.09. The molecule has 1 aromatic carbocycles. The van der Waals surface area contributed by atoms with Crippen molar-refractivity contribution in [1.29, 1.82) is 0 Å². The quantitative estimate of drug-likeness (QED) is 0.455. The van der Waals surface area contributed by atoms with Crippen molar-refractivity contribution in [2.24, 2.45) is 5.92 Å². The number of piperazine rings is 1. The van der Waals surface area contributed by atoms with E-state index in [0.717, 1.165) is 25.7 Å². The zero-order chi connectivity index (χ0) is 16.6. The maximum atomic E-state index is 14.3. The van der Waals surface area contributed by atoms with Crippen molar-refractivity contribution in [3.05, 3.63) is 34.6 Å². The molecule has 0 unspecified atom stereocenters. The maximum Gasteiger partial charge on any atom is 0.200 e. The molecule has 1 saturated carbocycles. The number of benzene rings is 1. The minimum absolute atomic E-state index is 0. The van der Waals surface area contributed by atoms with E-state index < -0.39 is 40.7 Å². The number of nitrogens with zero attached hydrogens (tertiary/aromatic N) is 1. The van der Waals surface area contributed by atoms with Gasteiger partial charge in [0.1, 0.15) is 0 Å². The average molecular weight is 407 g/mol. The molecule has 25 heavy (non-hydrogen) atoms. The first-order chi connectivity index (χ1) is 11.0. The third-order valence-electron chi connectivity index (χ3n) is 4.93. The molecule has 0 spiro atoms. The van der Waals surface area contributed by atoms with Crippen molar-refractivity contribution in [2.75, 3.05) is 26.2 Å². The number of hydrogen-bond donors (Lipinski definition) is 1. The first kappa shape index (κ1) is 22.4. The summed E-state index contributed by atoms with van der Waals surface area (Å²) in [6, 6.07) is -0.760. The average Bonchev–Trinajstić information content (AvgIpc) is 3.10. The second-order valence-corrected chi connectivity index (χ2v) is 6.26. The van der Waals surface area contributed by atoms with Gasteiger partial charge in [0.25, 0.3) is 0 Å². The Kier molecular flexibility index (Phi) is 8.38. The molecule has 1 N–H and O–H groups in total. The Morgan fingerprint density at radius 2 is 1.20 bits per heavy atom. The molecule has 144 valence electrons. The lowest BCUT2D eigenvalue weighted by Crippen LogP contribution is -2.47. The summed E-state index contributed by atoms with van der Waals surface area (Å²) < 4.78 is 69.2. The van der Waals surface area contributed by atoms with E-state index in [1.807, 2.05) is 4.90 Å². The fourth-order valence-corrected chi connectivity index (χ4v) is 3.83. The van der Waals surface area contributed by atoms with E-state index in [1.54, 1.807) is 0 Å². The van der Waals surface area contributed by atoms with Gasteiger partial charge in [-0.15, -0.1) is 24.8 Å². The second-order valence-electron chi connectivity index (χ2n) is 6.26. The molecular formula is C16H21Cl2F5N2. The molecule has 2 nitrogen and oxygen atoms in total. The van der Waals surface area contributed by atoms with Crippen LogP contribution in [0.5, 0.6) is 0 Å². The lowest BCUT2D eigenvalue weighted by Gasteiger charge is -2.38.